The standard InChI is InChI=1S/C7H7F.BH2O2/c1-6-2-4-7(8)5-3-6;2-1-3/h2-5H,1H3;2-3H. The van der Waals surface area contributed by atoms with Gasteiger partial charge < -0.3 is 10.0 Å². The van der Waals surface area contributed by atoms with Crippen molar-refractivity contribution in [2.24, 2.45) is 0 Å². The second kappa shape index (κ2) is 5.89. The molecule has 0 aliphatic carbocycles. The Morgan fingerprint density at radius 3 is 1.82 bits per heavy atom. The van der Waals surface area contributed by atoms with Crippen LogP contribution in [0.1, 0.15) is 5.56 Å². The topological polar surface area (TPSA) is 40.5 Å². The molecule has 0 atom stereocenters. The van der Waals surface area contributed by atoms with Crippen molar-refractivity contribution in [1.82, 2.24) is 0 Å². The van der Waals surface area contributed by atoms with E-state index in [0.717, 1.165) is 5.56 Å². The summed E-state index contributed by atoms with van der Waals surface area (Å²) in [7, 11) is 0. The summed E-state index contributed by atoms with van der Waals surface area (Å²) < 4.78 is 12.1. The minimum Gasteiger partial charge on any atom is -0.429 e. The van der Waals surface area contributed by atoms with Crippen LogP contribution in [0.3, 0.4) is 0 Å². The smallest absolute Gasteiger partial charge is 0.429 e. The van der Waals surface area contributed by atoms with E-state index in [1.807, 2.05) is 6.92 Å². The lowest BCUT2D eigenvalue weighted by molar-refractivity contribution is 0.448. The molecule has 1 aromatic carbocycles. The monoisotopic (exact) mass is 155 g/mol. The first-order chi connectivity index (χ1) is 5.20. The van der Waals surface area contributed by atoms with Gasteiger partial charge in [-0.1, -0.05) is 17.7 Å². The maximum Gasteiger partial charge on any atom is 0.482 e. The normalized spacial score (nSPS) is 8.00. The Morgan fingerprint density at radius 2 is 1.55 bits per heavy atom. The molecule has 4 heteroatoms. The third kappa shape index (κ3) is 5.57. The van der Waals surface area contributed by atoms with Crippen LogP contribution in [0, 0.1) is 12.7 Å². The highest BCUT2D eigenvalue weighted by atomic mass is 19.1. The van der Waals surface area contributed by atoms with Crippen molar-refractivity contribution < 1.29 is 14.4 Å². The first-order valence-electron chi connectivity index (χ1n) is 3.03. The number of hydrogen-bond acceptors (Lipinski definition) is 2. The zero-order chi connectivity index (χ0) is 8.69. The van der Waals surface area contributed by atoms with Crippen molar-refractivity contribution in [3.8, 4) is 0 Å². The molecule has 0 amide bonds. The van der Waals surface area contributed by atoms with E-state index >= 15 is 0 Å². The van der Waals surface area contributed by atoms with Crippen LogP contribution in [0.4, 0.5) is 4.39 Å². The van der Waals surface area contributed by atoms with Gasteiger partial charge >= 0.3 is 7.69 Å². The lowest BCUT2D eigenvalue weighted by Crippen LogP contribution is -1.75. The number of hydrogen-bond donors (Lipinski definition) is 2. The first-order valence-corrected chi connectivity index (χ1v) is 3.03. The molecule has 59 valence electrons. The quantitative estimate of drug-likeness (QED) is 0.539. The number of rotatable bonds is 0. The fourth-order valence-corrected chi connectivity index (χ4v) is 0.533. The fourth-order valence-electron chi connectivity index (χ4n) is 0.533. The summed E-state index contributed by atoms with van der Waals surface area (Å²) in [5.74, 6) is -0.171. The summed E-state index contributed by atoms with van der Waals surface area (Å²) >= 11 is 0. The molecule has 0 bridgehead atoms. The van der Waals surface area contributed by atoms with Crippen molar-refractivity contribution in [3.63, 3.8) is 0 Å². The van der Waals surface area contributed by atoms with Gasteiger partial charge in [0.2, 0.25) is 0 Å². The van der Waals surface area contributed by atoms with E-state index < -0.39 is 0 Å². The molecule has 1 rings (SSSR count). The van der Waals surface area contributed by atoms with Gasteiger partial charge in [-0.15, -0.1) is 0 Å². The van der Waals surface area contributed by atoms with E-state index in [9.17, 15) is 4.39 Å². The summed E-state index contributed by atoms with van der Waals surface area (Å²) in [6, 6.07) is 6.40. The van der Waals surface area contributed by atoms with E-state index in [1.165, 1.54) is 12.1 Å². The van der Waals surface area contributed by atoms with Crippen LogP contribution in [-0.4, -0.2) is 17.7 Å². The SMILES string of the molecule is Cc1ccc(F)cc1.O[B]O. The van der Waals surface area contributed by atoms with Gasteiger partial charge in [0.1, 0.15) is 5.82 Å². The van der Waals surface area contributed by atoms with Gasteiger partial charge in [-0.25, -0.2) is 4.39 Å². The minimum absolute atomic E-state index is 0. The van der Waals surface area contributed by atoms with Gasteiger partial charge in [-0.2, -0.15) is 0 Å². The van der Waals surface area contributed by atoms with Gasteiger partial charge in [0.15, 0.2) is 0 Å². The zero-order valence-electron chi connectivity index (χ0n) is 6.16. The highest BCUT2D eigenvalue weighted by Gasteiger charge is 1.83. The van der Waals surface area contributed by atoms with Gasteiger partial charge in [-0.05, 0) is 19.1 Å². The Bertz CT molecular complexity index is 167. The van der Waals surface area contributed by atoms with Crippen LogP contribution in [0.5, 0.6) is 0 Å². The number of benzene rings is 1. The van der Waals surface area contributed by atoms with Crippen molar-refractivity contribution in [2.45, 2.75) is 6.92 Å². The summed E-state index contributed by atoms with van der Waals surface area (Å²) in [6.45, 7) is 1.93. The molecular formula is C7H9BFO2. The molecule has 0 aliphatic heterocycles. The molecule has 0 heterocycles. The Hall–Kier alpha value is -0.865. The third-order valence-corrected chi connectivity index (χ3v) is 1.01. The van der Waals surface area contributed by atoms with Crippen LogP contribution in [0.2, 0.25) is 0 Å². The minimum atomic E-state index is -0.171. The predicted molar refractivity (Wildman–Crippen MR) is 41.3 cm³/mol. The molecule has 0 aromatic heterocycles. The van der Waals surface area contributed by atoms with E-state index in [2.05, 4.69) is 0 Å². The second-order valence-corrected chi connectivity index (χ2v) is 1.91. The van der Waals surface area contributed by atoms with Crippen molar-refractivity contribution in [3.05, 3.63) is 35.6 Å². The van der Waals surface area contributed by atoms with Gasteiger partial charge in [0, 0.05) is 0 Å². The summed E-state index contributed by atoms with van der Waals surface area (Å²) in [4.78, 5) is 0. The molecule has 0 saturated carbocycles. The average Bonchev–Trinajstić information content (AvgIpc) is 1.97. The van der Waals surface area contributed by atoms with Gasteiger partial charge in [0.05, 0.1) is 0 Å². The van der Waals surface area contributed by atoms with Crippen LogP contribution in [-0.2, 0) is 0 Å². The zero-order valence-corrected chi connectivity index (χ0v) is 6.16. The maximum absolute atomic E-state index is 12.1. The van der Waals surface area contributed by atoms with Gasteiger partial charge in [-0.3, -0.25) is 0 Å². The lowest BCUT2D eigenvalue weighted by Gasteiger charge is -1.87. The van der Waals surface area contributed by atoms with Crippen LogP contribution >= 0.6 is 0 Å². The Morgan fingerprint density at radius 1 is 1.18 bits per heavy atom. The first kappa shape index (κ1) is 10.1. The van der Waals surface area contributed by atoms with Crippen molar-refractivity contribution in [2.75, 3.05) is 0 Å². The molecular weight excluding hydrogens is 146 g/mol. The third-order valence-electron chi connectivity index (χ3n) is 1.01. The summed E-state index contributed by atoms with van der Waals surface area (Å²) in [6.07, 6.45) is 0. The second-order valence-electron chi connectivity index (χ2n) is 1.91. The molecule has 1 radical (unpaired) electrons. The predicted octanol–water partition coefficient (Wildman–Crippen LogP) is 0.639. The molecule has 2 nitrogen and oxygen atoms in total. The summed E-state index contributed by atoms with van der Waals surface area (Å²) in [5, 5.41) is 14.0. The number of aryl methyl sites for hydroxylation is 1. The Labute approximate surface area is 65.6 Å². The van der Waals surface area contributed by atoms with Crippen LogP contribution < -0.4 is 0 Å². The molecule has 0 fully saturated rings. The molecule has 0 unspecified atom stereocenters. The van der Waals surface area contributed by atoms with E-state index in [-0.39, 0.29) is 13.5 Å². The maximum atomic E-state index is 12.1. The molecule has 0 aliphatic rings. The van der Waals surface area contributed by atoms with Crippen molar-refractivity contribution >= 4 is 7.69 Å². The summed E-state index contributed by atoms with van der Waals surface area (Å²) in [5.41, 5.74) is 1.09. The highest BCUT2D eigenvalue weighted by Crippen LogP contribution is 1.98. The van der Waals surface area contributed by atoms with E-state index in [4.69, 9.17) is 10.0 Å². The van der Waals surface area contributed by atoms with Crippen LogP contribution in [0.25, 0.3) is 0 Å². The molecule has 0 spiro atoms. The van der Waals surface area contributed by atoms with E-state index in [1.54, 1.807) is 12.1 Å². The fraction of sp³-hybridized carbons (Fsp3) is 0.143. The lowest BCUT2D eigenvalue weighted by atomic mass is 10.2. The average molecular weight is 155 g/mol. The molecule has 0 saturated heterocycles. The molecule has 2 N–H and O–H groups in total. The Kier molecular flexibility index (Phi) is 5.42. The number of halogens is 1. The molecule has 11 heavy (non-hydrogen) atoms. The largest absolute Gasteiger partial charge is 0.482 e. The van der Waals surface area contributed by atoms with Crippen LogP contribution in [0.15, 0.2) is 24.3 Å². The highest BCUT2D eigenvalue weighted by molar-refractivity contribution is 6.13. The molecule has 1 aromatic rings. The Balaban J connectivity index is 0.000000292. The van der Waals surface area contributed by atoms with Gasteiger partial charge in [0.25, 0.3) is 0 Å². The van der Waals surface area contributed by atoms with E-state index in [0.29, 0.717) is 0 Å². The van der Waals surface area contributed by atoms with Crippen molar-refractivity contribution in [1.29, 1.82) is 0 Å².